The maximum atomic E-state index is 12.8. The van der Waals surface area contributed by atoms with Crippen LogP contribution in [0.4, 0.5) is 0 Å². The summed E-state index contributed by atoms with van der Waals surface area (Å²) >= 11 is 0. The maximum Gasteiger partial charge on any atom is 0.271 e. The number of carbonyl (C=O) groups excluding carboxylic acids is 2. The van der Waals surface area contributed by atoms with Gasteiger partial charge in [0.05, 0.1) is 11.6 Å². The minimum atomic E-state index is -0.161. The Kier molecular flexibility index (Phi) is 3.42. The third-order valence-electron chi connectivity index (χ3n) is 4.40. The van der Waals surface area contributed by atoms with E-state index in [4.69, 9.17) is 5.26 Å². The SMILES string of the molecule is Cn1cc(C#N)cc1C(=O)N1CC(=O)N[C@@H]2CCCC[C@H]21. The smallest absolute Gasteiger partial charge is 0.271 e. The van der Waals surface area contributed by atoms with Gasteiger partial charge in [0.25, 0.3) is 5.91 Å². The molecule has 1 aliphatic heterocycles. The van der Waals surface area contributed by atoms with Gasteiger partial charge in [-0.05, 0) is 18.9 Å². The predicted molar refractivity (Wildman–Crippen MR) is 75.4 cm³/mol. The van der Waals surface area contributed by atoms with E-state index in [1.165, 1.54) is 0 Å². The van der Waals surface area contributed by atoms with E-state index in [0.29, 0.717) is 11.3 Å². The highest BCUT2D eigenvalue weighted by Crippen LogP contribution is 2.27. The van der Waals surface area contributed by atoms with Crippen LogP contribution >= 0.6 is 0 Å². The van der Waals surface area contributed by atoms with Crippen LogP contribution in [0.1, 0.15) is 41.7 Å². The molecule has 2 fully saturated rings. The topological polar surface area (TPSA) is 78.1 Å². The van der Waals surface area contributed by atoms with Crippen LogP contribution in [-0.2, 0) is 11.8 Å². The predicted octanol–water partition coefficient (Wildman–Crippen LogP) is 0.780. The van der Waals surface area contributed by atoms with E-state index in [1.807, 2.05) is 6.07 Å². The van der Waals surface area contributed by atoms with Gasteiger partial charge < -0.3 is 14.8 Å². The number of aromatic nitrogens is 1. The lowest BCUT2D eigenvalue weighted by atomic mass is 9.87. The van der Waals surface area contributed by atoms with Crippen molar-refractivity contribution < 1.29 is 9.59 Å². The van der Waals surface area contributed by atoms with Gasteiger partial charge in [-0.15, -0.1) is 0 Å². The second-order valence-electron chi connectivity index (χ2n) is 5.80. The van der Waals surface area contributed by atoms with Gasteiger partial charge >= 0.3 is 0 Å². The summed E-state index contributed by atoms with van der Waals surface area (Å²) in [6.07, 6.45) is 5.65. The van der Waals surface area contributed by atoms with E-state index in [0.717, 1.165) is 25.7 Å². The Balaban J connectivity index is 1.89. The lowest BCUT2D eigenvalue weighted by Gasteiger charge is -2.43. The van der Waals surface area contributed by atoms with Crippen LogP contribution in [0.3, 0.4) is 0 Å². The zero-order valence-electron chi connectivity index (χ0n) is 12.0. The van der Waals surface area contributed by atoms with Crippen molar-refractivity contribution >= 4 is 11.8 Å². The van der Waals surface area contributed by atoms with Crippen LogP contribution in [0, 0.1) is 11.3 Å². The number of hydrogen-bond acceptors (Lipinski definition) is 3. The van der Waals surface area contributed by atoms with E-state index >= 15 is 0 Å². The Morgan fingerprint density at radius 3 is 2.90 bits per heavy atom. The van der Waals surface area contributed by atoms with Crippen molar-refractivity contribution in [2.24, 2.45) is 7.05 Å². The van der Waals surface area contributed by atoms with Gasteiger partial charge in [0, 0.05) is 19.3 Å². The Labute approximate surface area is 123 Å². The molecule has 21 heavy (non-hydrogen) atoms. The third-order valence-corrected chi connectivity index (χ3v) is 4.40. The molecule has 1 aliphatic carbocycles. The number of nitrogens with one attached hydrogen (secondary N) is 1. The molecule has 110 valence electrons. The van der Waals surface area contributed by atoms with Gasteiger partial charge in [0.15, 0.2) is 0 Å². The molecule has 2 atom stereocenters. The molecule has 0 unspecified atom stereocenters. The maximum absolute atomic E-state index is 12.8. The average molecular weight is 286 g/mol. The van der Waals surface area contributed by atoms with Gasteiger partial charge in [-0.1, -0.05) is 12.8 Å². The summed E-state index contributed by atoms with van der Waals surface area (Å²) in [4.78, 5) is 26.3. The van der Waals surface area contributed by atoms with Crippen molar-refractivity contribution in [2.45, 2.75) is 37.8 Å². The molecule has 1 aromatic heterocycles. The normalized spacial score (nSPS) is 25.0. The summed E-state index contributed by atoms with van der Waals surface area (Å²) in [5.41, 5.74) is 0.924. The van der Waals surface area contributed by atoms with Crippen LogP contribution < -0.4 is 5.32 Å². The van der Waals surface area contributed by atoms with Gasteiger partial charge in [-0.2, -0.15) is 5.26 Å². The van der Waals surface area contributed by atoms with Gasteiger partial charge in [-0.25, -0.2) is 0 Å². The van der Waals surface area contributed by atoms with E-state index in [-0.39, 0.29) is 30.4 Å². The van der Waals surface area contributed by atoms with Crippen molar-refractivity contribution in [1.82, 2.24) is 14.8 Å². The van der Waals surface area contributed by atoms with Gasteiger partial charge in [0.1, 0.15) is 18.3 Å². The van der Waals surface area contributed by atoms with Crippen molar-refractivity contribution in [1.29, 1.82) is 5.26 Å². The average Bonchev–Trinajstić information content (AvgIpc) is 2.86. The lowest BCUT2D eigenvalue weighted by molar-refractivity contribution is -0.127. The molecule has 1 aromatic rings. The molecule has 2 amide bonds. The summed E-state index contributed by atoms with van der Waals surface area (Å²) in [5, 5.41) is 11.9. The summed E-state index contributed by atoms with van der Waals surface area (Å²) in [6, 6.07) is 3.77. The van der Waals surface area contributed by atoms with Crippen LogP contribution in [0.25, 0.3) is 0 Å². The molecule has 0 spiro atoms. The lowest BCUT2D eigenvalue weighted by Crippen LogP contribution is -2.63. The van der Waals surface area contributed by atoms with Crippen LogP contribution in [0.5, 0.6) is 0 Å². The third kappa shape index (κ3) is 2.40. The number of aryl methyl sites for hydroxylation is 1. The molecule has 0 radical (unpaired) electrons. The van der Waals surface area contributed by atoms with Crippen LogP contribution in [0.15, 0.2) is 12.3 Å². The second kappa shape index (κ2) is 5.24. The molecular formula is C15H18N4O2. The first-order valence-corrected chi connectivity index (χ1v) is 7.27. The summed E-state index contributed by atoms with van der Waals surface area (Å²) in [7, 11) is 1.75. The summed E-state index contributed by atoms with van der Waals surface area (Å²) in [5.74, 6) is -0.257. The van der Waals surface area contributed by atoms with Crippen molar-refractivity contribution in [2.75, 3.05) is 6.54 Å². The van der Waals surface area contributed by atoms with Crippen molar-refractivity contribution in [3.8, 4) is 6.07 Å². The fraction of sp³-hybridized carbons (Fsp3) is 0.533. The molecular weight excluding hydrogens is 268 g/mol. The monoisotopic (exact) mass is 286 g/mol. The van der Waals surface area contributed by atoms with Gasteiger partial charge in [-0.3, -0.25) is 9.59 Å². The molecule has 0 bridgehead atoms. The highest BCUT2D eigenvalue weighted by Gasteiger charge is 2.39. The molecule has 1 saturated carbocycles. The molecule has 1 N–H and O–H groups in total. The minimum Gasteiger partial charge on any atom is -0.350 e. The van der Waals surface area contributed by atoms with E-state index < -0.39 is 0 Å². The molecule has 2 aliphatic rings. The number of amides is 2. The number of nitrogens with zero attached hydrogens (tertiary/aromatic N) is 3. The van der Waals surface area contributed by atoms with Crippen LogP contribution in [0.2, 0.25) is 0 Å². The van der Waals surface area contributed by atoms with Crippen LogP contribution in [-0.4, -0.2) is 39.9 Å². The van der Waals surface area contributed by atoms with Crippen molar-refractivity contribution in [3.63, 3.8) is 0 Å². The highest BCUT2D eigenvalue weighted by molar-refractivity contribution is 5.96. The zero-order valence-corrected chi connectivity index (χ0v) is 12.0. The number of fused-ring (bicyclic) bond motifs is 1. The standard InChI is InChI=1S/C15H18N4O2/c1-18-8-10(7-16)6-13(18)15(21)19-9-14(20)17-11-4-2-3-5-12(11)19/h6,8,11-12H,2-5,9H2,1H3,(H,17,20)/t11-,12-/m1/s1. The van der Waals surface area contributed by atoms with Gasteiger partial charge in [0.2, 0.25) is 5.91 Å². The molecule has 2 heterocycles. The van der Waals surface area contributed by atoms with E-state index in [2.05, 4.69) is 5.32 Å². The molecule has 0 aromatic carbocycles. The van der Waals surface area contributed by atoms with E-state index in [1.54, 1.807) is 28.8 Å². The first-order valence-electron chi connectivity index (χ1n) is 7.27. The first-order chi connectivity index (χ1) is 10.1. The molecule has 6 heteroatoms. The Hall–Kier alpha value is -2.29. The minimum absolute atomic E-state index is 0.0691. The van der Waals surface area contributed by atoms with Crippen molar-refractivity contribution in [3.05, 3.63) is 23.5 Å². The second-order valence-corrected chi connectivity index (χ2v) is 5.80. The number of hydrogen-bond donors (Lipinski definition) is 1. The molecule has 1 saturated heterocycles. The number of rotatable bonds is 1. The van der Waals surface area contributed by atoms with E-state index in [9.17, 15) is 9.59 Å². The highest BCUT2D eigenvalue weighted by atomic mass is 16.2. The Morgan fingerprint density at radius 1 is 1.43 bits per heavy atom. The Morgan fingerprint density at radius 2 is 2.19 bits per heavy atom. The zero-order chi connectivity index (χ0) is 15.0. The number of piperazine rings is 1. The number of carbonyl (C=O) groups is 2. The largest absolute Gasteiger partial charge is 0.350 e. The fourth-order valence-electron chi connectivity index (χ4n) is 3.38. The fourth-order valence-corrected chi connectivity index (χ4v) is 3.38. The first kappa shape index (κ1) is 13.7. The molecule has 6 nitrogen and oxygen atoms in total. The Bertz CT molecular complexity index is 628. The molecule has 3 rings (SSSR count). The summed E-state index contributed by atoms with van der Waals surface area (Å²) < 4.78 is 1.66. The quantitative estimate of drug-likeness (QED) is 0.828. The number of nitriles is 1. The summed E-state index contributed by atoms with van der Waals surface area (Å²) in [6.45, 7) is 0.104.